The maximum absolute atomic E-state index is 13.9. The lowest BCUT2D eigenvalue weighted by Crippen LogP contribution is -2.24. The van der Waals surface area contributed by atoms with Crippen LogP contribution in [-0.4, -0.2) is 16.6 Å². The van der Waals surface area contributed by atoms with Crippen LogP contribution in [0.25, 0.3) is 10.9 Å². The van der Waals surface area contributed by atoms with E-state index in [1.807, 2.05) is 6.92 Å². The van der Waals surface area contributed by atoms with Crippen molar-refractivity contribution in [3.05, 3.63) is 34.8 Å². The molecule has 1 N–H and O–H groups in total. The molecule has 102 valence electrons. The van der Waals surface area contributed by atoms with Gasteiger partial charge in [0.15, 0.2) is 0 Å². The van der Waals surface area contributed by atoms with E-state index in [1.54, 1.807) is 33.8 Å². The third kappa shape index (κ3) is 2.48. The van der Waals surface area contributed by atoms with Crippen molar-refractivity contribution < 1.29 is 13.9 Å². The number of halogens is 1. The predicted octanol–water partition coefficient (Wildman–Crippen LogP) is 3.88. The topological polar surface area (TPSA) is 42.1 Å². The van der Waals surface area contributed by atoms with Gasteiger partial charge in [0.1, 0.15) is 17.1 Å². The Balaban J connectivity index is 2.57. The molecule has 3 nitrogen and oxygen atoms in total. The van der Waals surface area contributed by atoms with Gasteiger partial charge in [-0.15, -0.1) is 0 Å². The van der Waals surface area contributed by atoms with Crippen LogP contribution in [0.3, 0.4) is 0 Å². The van der Waals surface area contributed by atoms with Gasteiger partial charge in [0.05, 0.1) is 5.52 Å². The molecule has 1 heterocycles. The molecular weight excluding hydrogens is 245 g/mol. The van der Waals surface area contributed by atoms with Crippen LogP contribution in [-0.2, 0) is 4.74 Å². The number of aromatic nitrogens is 1. The lowest BCUT2D eigenvalue weighted by Gasteiger charge is -2.19. The molecule has 0 aliphatic rings. The summed E-state index contributed by atoms with van der Waals surface area (Å²) in [7, 11) is 0. The molecule has 0 radical (unpaired) electrons. The van der Waals surface area contributed by atoms with Gasteiger partial charge < -0.3 is 9.72 Å². The molecule has 19 heavy (non-hydrogen) atoms. The highest BCUT2D eigenvalue weighted by Gasteiger charge is 2.23. The minimum atomic E-state index is -0.575. The van der Waals surface area contributed by atoms with Crippen LogP contribution in [0, 0.1) is 19.7 Å². The van der Waals surface area contributed by atoms with E-state index in [9.17, 15) is 9.18 Å². The number of rotatable bonds is 1. The highest BCUT2D eigenvalue weighted by Crippen LogP contribution is 2.28. The summed E-state index contributed by atoms with van der Waals surface area (Å²) < 4.78 is 19.2. The van der Waals surface area contributed by atoms with Crippen LogP contribution in [0.4, 0.5) is 4.39 Å². The van der Waals surface area contributed by atoms with E-state index < -0.39 is 11.6 Å². The summed E-state index contributed by atoms with van der Waals surface area (Å²) in [6.45, 7) is 9.00. The zero-order chi connectivity index (χ0) is 14.4. The Morgan fingerprint density at radius 3 is 2.42 bits per heavy atom. The number of H-pyrrole nitrogens is 1. The van der Waals surface area contributed by atoms with Gasteiger partial charge in [0.25, 0.3) is 0 Å². The Bertz CT molecular complexity index is 650. The van der Waals surface area contributed by atoms with Crippen LogP contribution in [0.2, 0.25) is 0 Å². The van der Waals surface area contributed by atoms with Crippen molar-refractivity contribution in [1.29, 1.82) is 0 Å². The van der Waals surface area contributed by atoms with E-state index in [-0.39, 0.29) is 5.82 Å². The Morgan fingerprint density at radius 1 is 1.26 bits per heavy atom. The van der Waals surface area contributed by atoms with Gasteiger partial charge in [-0.3, -0.25) is 0 Å². The lowest BCUT2D eigenvalue weighted by atomic mass is 10.1. The van der Waals surface area contributed by atoms with Crippen LogP contribution < -0.4 is 0 Å². The third-order valence-corrected chi connectivity index (χ3v) is 2.97. The van der Waals surface area contributed by atoms with E-state index >= 15 is 0 Å². The largest absolute Gasteiger partial charge is 0.455 e. The summed E-state index contributed by atoms with van der Waals surface area (Å²) in [5.74, 6) is -0.788. The van der Waals surface area contributed by atoms with Crippen molar-refractivity contribution in [3.8, 4) is 0 Å². The Hall–Kier alpha value is -1.84. The number of benzene rings is 1. The summed E-state index contributed by atoms with van der Waals surface area (Å²) in [6, 6.07) is 3.10. The molecule has 2 rings (SSSR count). The molecule has 0 amide bonds. The zero-order valence-corrected chi connectivity index (χ0v) is 11.8. The molecule has 2 aromatic rings. The van der Waals surface area contributed by atoms with Crippen molar-refractivity contribution in [3.63, 3.8) is 0 Å². The molecule has 0 bridgehead atoms. The van der Waals surface area contributed by atoms with Crippen LogP contribution >= 0.6 is 0 Å². The van der Waals surface area contributed by atoms with Crippen molar-refractivity contribution >= 4 is 16.9 Å². The van der Waals surface area contributed by atoms with Gasteiger partial charge >= 0.3 is 5.97 Å². The third-order valence-electron chi connectivity index (χ3n) is 2.97. The zero-order valence-electron chi connectivity index (χ0n) is 11.8. The number of aryl methyl sites for hydroxylation is 2. The Labute approximate surface area is 111 Å². The molecule has 0 aliphatic heterocycles. The number of ether oxygens (including phenoxy) is 1. The van der Waals surface area contributed by atoms with Gasteiger partial charge in [-0.05, 0) is 51.8 Å². The molecule has 0 fully saturated rings. The minimum Gasteiger partial charge on any atom is -0.455 e. The van der Waals surface area contributed by atoms with Crippen LogP contribution in [0.5, 0.6) is 0 Å². The molecule has 0 saturated carbocycles. The molecule has 4 heteroatoms. The fraction of sp³-hybridized carbons (Fsp3) is 0.400. The van der Waals surface area contributed by atoms with Crippen LogP contribution in [0.15, 0.2) is 12.1 Å². The highest BCUT2D eigenvalue weighted by atomic mass is 19.1. The Kier molecular flexibility index (Phi) is 3.12. The van der Waals surface area contributed by atoms with Crippen molar-refractivity contribution in [1.82, 2.24) is 4.98 Å². The summed E-state index contributed by atoms with van der Waals surface area (Å²) in [5, 5.41) is 0.459. The molecule has 0 unspecified atom stereocenters. The predicted molar refractivity (Wildman–Crippen MR) is 72.9 cm³/mol. The first-order chi connectivity index (χ1) is 8.70. The maximum atomic E-state index is 13.9. The first-order valence-electron chi connectivity index (χ1n) is 6.21. The molecule has 1 aromatic heterocycles. The lowest BCUT2D eigenvalue weighted by molar-refractivity contribution is 0.00631. The number of hydrogen-bond acceptors (Lipinski definition) is 2. The van der Waals surface area contributed by atoms with Crippen molar-refractivity contribution in [2.45, 2.75) is 40.2 Å². The number of fused-ring (bicyclic) bond motifs is 1. The van der Waals surface area contributed by atoms with Crippen molar-refractivity contribution in [2.24, 2.45) is 0 Å². The maximum Gasteiger partial charge on any atom is 0.355 e. The van der Waals surface area contributed by atoms with Gasteiger partial charge in [-0.2, -0.15) is 0 Å². The van der Waals surface area contributed by atoms with E-state index in [0.717, 1.165) is 5.56 Å². The number of carbonyl (C=O) groups is 1. The smallest absolute Gasteiger partial charge is 0.355 e. The fourth-order valence-electron chi connectivity index (χ4n) is 2.09. The van der Waals surface area contributed by atoms with Gasteiger partial charge in [-0.25, -0.2) is 9.18 Å². The first kappa shape index (κ1) is 13.6. The monoisotopic (exact) mass is 263 g/mol. The van der Waals surface area contributed by atoms with E-state index in [0.29, 0.717) is 22.2 Å². The number of nitrogens with one attached hydrogen (secondary N) is 1. The number of carbonyl (C=O) groups excluding carboxylic acids is 1. The summed E-state index contributed by atoms with van der Waals surface area (Å²) in [6.07, 6.45) is 0. The Morgan fingerprint density at radius 2 is 1.89 bits per heavy atom. The highest BCUT2D eigenvalue weighted by molar-refractivity contribution is 5.99. The SMILES string of the molecule is Cc1ccc(F)c2c(C)c(C(=O)OC(C)(C)C)[nH]c12. The van der Waals surface area contributed by atoms with Gasteiger partial charge in [-0.1, -0.05) is 6.07 Å². The second-order valence-corrected chi connectivity index (χ2v) is 5.74. The minimum absolute atomic E-state index is 0.318. The molecule has 0 saturated heterocycles. The first-order valence-corrected chi connectivity index (χ1v) is 6.21. The van der Waals surface area contributed by atoms with E-state index in [2.05, 4.69) is 4.98 Å². The quantitative estimate of drug-likeness (QED) is 0.793. The van der Waals surface area contributed by atoms with Gasteiger partial charge in [0.2, 0.25) is 0 Å². The molecule has 0 atom stereocenters. The summed E-state index contributed by atoms with van der Waals surface area (Å²) in [5.41, 5.74) is 1.88. The van der Waals surface area contributed by atoms with Gasteiger partial charge in [0, 0.05) is 5.39 Å². The normalized spacial score (nSPS) is 11.9. The van der Waals surface area contributed by atoms with E-state index in [4.69, 9.17) is 4.74 Å². The van der Waals surface area contributed by atoms with Crippen LogP contribution in [0.1, 0.15) is 42.4 Å². The summed E-state index contributed by atoms with van der Waals surface area (Å²) >= 11 is 0. The number of aromatic amines is 1. The summed E-state index contributed by atoms with van der Waals surface area (Å²) in [4.78, 5) is 15.1. The number of esters is 1. The molecular formula is C15H18FNO2. The standard InChI is InChI=1S/C15H18FNO2/c1-8-6-7-10(16)11-9(2)13(17-12(8)11)14(18)19-15(3,4)5/h6-7,17H,1-5H3. The molecule has 0 spiro atoms. The molecule has 1 aromatic carbocycles. The average Bonchev–Trinajstić information content (AvgIpc) is 2.61. The average molecular weight is 263 g/mol. The fourth-order valence-corrected chi connectivity index (χ4v) is 2.09. The van der Waals surface area contributed by atoms with E-state index in [1.165, 1.54) is 6.07 Å². The second-order valence-electron chi connectivity index (χ2n) is 5.74. The molecule has 0 aliphatic carbocycles. The second kappa shape index (κ2) is 4.37. The van der Waals surface area contributed by atoms with Crippen molar-refractivity contribution in [2.75, 3.05) is 0 Å². The number of hydrogen-bond donors (Lipinski definition) is 1.